The van der Waals surface area contributed by atoms with Crippen molar-refractivity contribution < 1.29 is 26.4 Å². The van der Waals surface area contributed by atoms with E-state index in [9.17, 15) is 26.4 Å². The molecule has 0 saturated carbocycles. The third kappa shape index (κ3) is 5.63. The molecule has 5 nitrogen and oxygen atoms in total. The molecule has 0 unspecified atom stereocenters. The summed E-state index contributed by atoms with van der Waals surface area (Å²) in [5.74, 6) is -3.72. The Kier molecular flexibility index (Phi) is 6.99. The number of benzene rings is 3. The fourth-order valence-electron chi connectivity index (χ4n) is 2.73. The van der Waals surface area contributed by atoms with Gasteiger partial charge in [-0.3, -0.25) is 4.79 Å². The molecule has 1 N–H and O–H groups in total. The highest BCUT2D eigenvalue weighted by Gasteiger charge is 2.28. The van der Waals surface area contributed by atoms with Crippen LogP contribution in [0, 0.1) is 17.5 Å². The molecule has 0 heterocycles. The van der Waals surface area contributed by atoms with Gasteiger partial charge in [0.2, 0.25) is 15.9 Å². The predicted octanol–water partition coefficient (Wildman–Crippen LogP) is 4.59. The van der Waals surface area contributed by atoms with E-state index < -0.39 is 46.5 Å². The van der Waals surface area contributed by atoms with Crippen LogP contribution in [0.4, 0.5) is 18.9 Å². The zero-order chi connectivity index (χ0) is 22.6. The summed E-state index contributed by atoms with van der Waals surface area (Å²) in [5.41, 5.74) is -0.000650. The number of carbonyl (C=O) groups is 1. The van der Waals surface area contributed by atoms with Gasteiger partial charge < -0.3 is 5.32 Å². The zero-order valence-electron chi connectivity index (χ0n) is 15.9. The second kappa shape index (κ2) is 9.51. The van der Waals surface area contributed by atoms with E-state index in [0.29, 0.717) is 5.02 Å². The molecule has 0 aliphatic rings. The molecule has 0 bridgehead atoms. The van der Waals surface area contributed by atoms with Crippen LogP contribution < -0.4 is 5.32 Å². The number of carbonyl (C=O) groups excluding carboxylic acids is 1. The highest BCUT2D eigenvalue weighted by atomic mass is 35.5. The average molecular weight is 469 g/mol. The van der Waals surface area contributed by atoms with Crippen LogP contribution in [0.1, 0.15) is 5.56 Å². The highest BCUT2D eigenvalue weighted by Crippen LogP contribution is 2.22. The van der Waals surface area contributed by atoms with Gasteiger partial charge in [-0.05, 0) is 42.5 Å². The summed E-state index contributed by atoms with van der Waals surface area (Å²) in [4.78, 5) is 12.3. The molecular formula is C21H16ClF3N2O3S. The van der Waals surface area contributed by atoms with E-state index in [4.69, 9.17) is 11.6 Å². The Morgan fingerprint density at radius 2 is 1.58 bits per heavy atom. The van der Waals surface area contributed by atoms with E-state index in [0.717, 1.165) is 22.5 Å². The fraction of sp³-hybridized carbons (Fsp3) is 0.0952. The molecule has 0 aromatic heterocycles. The van der Waals surface area contributed by atoms with Crippen LogP contribution in [0.3, 0.4) is 0 Å². The summed E-state index contributed by atoms with van der Waals surface area (Å²) in [6.07, 6.45) is 0. The average Bonchev–Trinajstić information content (AvgIpc) is 2.72. The molecule has 3 aromatic carbocycles. The van der Waals surface area contributed by atoms with Gasteiger partial charge in [-0.25, -0.2) is 21.6 Å². The fourth-order valence-corrected chi connectivity index (χ4v) is 4.23. The van der Waals surface area contributed by atoms with Crippen molar-refractivity contribution in [2.45, 2.75) is 11.4 Å². The van der Waals surface area contributed by atoms with Gasteiger partial charge in [-0.1, -0.05) is 29.8 Å². The molecular weight excluding hydrogens is 453 g/mol. The predicted molar refractivity (Wildman–Crippen MR) is 110 cm³/mol. The van der Waals surface area contributed by atoms with Crippen LogP contribution in [0.15, 0.2) is 71.6 Å². The monoisotopic (exact) mass is 468 g/mol. The van der Waals surface area contributed by atoms with E-state index in [1.54, 1.807) is 0 Å². The van der Waals surface area contributed by atoms with Crippen molar-refractivity contribution in [1.29, 1.82) is 0 Å². The number of sulfonamides is 1. The van der Waals surface area contributed by atoms with Crippen molar-refractivity contribution in [3.8, 4) is 0 Å². The maximum atomic E-state index is 14.1. The number of hydrogen-bond donors (Lipinski definition) is 1. The molecule has 0 fully saturated rings. The largest absolute Gasteiger partial charge is 0.325 e. The SMILES string of the molecule is O=C(CN(Cc1ccccc1F)S(=O)(=O)c1ccc(Cl)cc1)Nc1ccc(F)c(F)c1. The molecule has 0 saturated heterocycles. The minimum Gasteiger partial charge on any atom is -0.325 e. The first kappa shape index (κ1) is 22.8. The van der Waals surface area contributed by atoms with Crippen molar-refractivity contribution in [1.82, 2.24) is 4.31 Å². The molecule has 1 amide bonds. The zero-order valence-corrected chi connectivity index (χ0v) is 17.4. The first-order valence-corrected chi connectivity index (χ1v) is 10.7. The number of hydrogen-bond acceptors (Lipinski definition) is 3. The Balaban J connectivity index is 1.89. The van der Waals surface area contributed by atoms with Gasteiger partial charge in [0.15, 0.2) is 11.6 Å². The first-order chi connectivity index (χ1) is 14.7. The van der Waals surface area contributed by atoms with Gasteiger partial charge in [-0.2, -0.15) is 4.31 Å². The standard InChI is InChI=1S/C21H16ClF3N2O3S/c22-15-5-8-17(9-6-15)31(29,30)27(12-14-3-1-2-4-18(14)23)13-21(28)26-16-7-10-19(24)20(25)11-16/h1-11H,12-13H2,(H,26,28). The summed E-state index contributed by atoms with van der Waals surface area (Å²) in [6.45, 7) is -1.12. The molecule has 0 atom stereocenters. The van der Waals surface area contributed by atoms with Gasteiger partial charge in [0.05, 0.1) is 11.4 Å². The Bertz CT molecular complexity index is 1200. The summed E-state index contributed by atoms with van der Waals surface area (Å²) in [7, 11) is -4.22. The van der Waals surface area contributed by atoms with E-state index in [1.807, 2.05) is 0 Å². The number of nitrogens with one attached hydrogen (secondary N) is 1. The topological polar surface area (TPSA) is 66.5 Å². The molecule has 0 aliphatic heterocycles. The second-order valence-corrected chi connectivity index (χ2v) is 8.87. The lowest BCUT2D eigenvalue weighted by atomic mass is 10.2. The van der Waals surface area contributed by atoms with Gasteiger partial charge in [-0.15, -0.1) is 0 Å². The smallest absolute Gasteiger partial charge is 0.243 e. The van der Waals surface area contributed by atoms with Crippen LogP contribution in [0.25, 0.3) is 0 Å². The Morgan fingerprint density at radius 3 is 2.23 bits per heavy atom. The lowest BCUT2D eigenvalue weighted by molar-refractivity contribution is -0.116. The van der Waals surface area contributed by atoms with Gasteiger partial charge in [0.25, 0.3) is 0 Å². The van der Waals surface area contributed by atoms with Crippen LogP contribution in [0.2, 0.25) is 5.02 Å². The number of halogens is 4. The molecule has 0 radical (unpaired) electrons. The maximum Gasteiger partial charge on any atom is 0.243 e. The minimum absolute atomic E-state index is 0.0562. The molecule has 0 spiro atoms. The molecule has 0 aliphatic carbocycles. The van der Waals surface area contributed by atoms with E-state index >= 15 is 0 Å². The van der Waals surface area contributed by atoms with Crippen molar-refractivity contribution in [2.75, 3.05) is 11.9 Å². The van der Waals surface area contributed by atoms with Gasteiger partial charge in [0.1, 0.15) is 5.82 Å². The van der Waals surface area contributed by atoms with Gasteiger partial charge >= 0.3 is 0 Å². The minimum atomic E-state index is -4.22. The van der Waals surface area contributed by atoms with Crippen LogP contribution in [-0.2, 0) is 21.4 Å². The van der Waals surface area contributed by atoms with Gasteiger partial charge in [0, 0.05) is 28.9 Å². The van der Waals surface area contributed by atoms with Crippen LogP contribution >= 0.6 is 11.6 Å². The first-order valence-electron chi connectivity index (χ1n) is 8.91. The van der Waals surface area contributed by atoms with E-state index in [-0.39, 0.29) is 16.1 Å². The number of rotatable bonds is 7. The third-order valence-corrected chi connectivity index (χ3v) is 6.34. The maximum absolute atomic E-state index is 14.1. The van der Waals surface area contributed by atoms with Crippen LogP contribution in [0.5, 0.6) is 0 Å². The lowest BCUT2D eigenvalue weighted by Gasteiger charge is -2.22. The van der Waals surface area contributed by atoms with Crippen molar-refractivity contribution in [3.05, 3.63) is 94.8 Å². The normalized spacial score (nSPS) is 11.5. The summed E-state index contributed by atoms with van der Waals surface area (Å²) < 4.78 is 67.6. The third-order valence-electron chi connectivity index (χ3n) is 4.28. The molecule has 3 aromatic rings. The van der Waals surface area contributed by atoms with Crippen molar-refractivity contribution in [2.24, 2.45) is 0 Å². The molecule has 162 valence electrons. The second-order valence-electron chi connectivity index (χ2n) is 6.50. The van der Waals surface area contributed by atoms with Crippen molar-refractivity contribution in [3.63, 3.8) is 0 Å². The number of nitrogens with zero attached hydrogens (tertiary/aromatic N) is 1. The molecule has 31 heavy (non-hydrogen) atoms. The van der Waals surface area contributed by atoms with Crippen LogP contribution in [-0.4, -0.2) is 25.2 Å². The number of amides is 1. The van der Waals surface area contributed by atoms with E-state index in [2.05, 4.69) is 5.32 Å². The quantitative estimate of drug-likeness (QED) is 0.551. The van der Waals surface area contributed by atoms with E-state index in [1.165, 1.54) is 48.5 Å². The Hall–Kier alpha value is -2.88. The lowest BCUT2D eigenvalue weighted by Crippen LogP contribution is -2.37. The Labute approximate surface area is 182 Å². The molecule has 3 rings (SSSR count). The molecule has 10 heteroatoms. The highest BCUT2D eigenvalue weighted by molar-refractivity contribution is 7.89. The summed E-state index contributed by atoms with van der Waals surface area (Å²) in [6, 6.07) is 13.5. The Morgan fingerprint density at radius 1 is 0.903 bits per heavy atom. The summed E-state index contributed by atoms with van der Waals surface area (Å²) in [5, 5.41) is 2.62. The summed E-state index contributed by atoms with van der Waals surface area (Å²) >= 11 is 5.81. The number of anilines is 1. The van der Waals surface area contributed by atoms with Crippen molar-refractivity contribution >= 4 is 33.2 Å².